The molecular weight excluding hydrogens is 1820 g/mol. The van der Waals surface area contributed by atoms with Crippen LogP contribution in [0.5, 0.6) is 69.0 Å². The van der Waals surface area contributed by atoms with Crippen LogP contribution in [0.3, 0.4) is 0 Å². The predicted octanol–water partition coefficient (Wildman–Crippen LogP) is 21.3. The summed E-state index contributed by atoms with van der Waals surface area (Å²) in [6.07, 6.45) is 0. The van der Waals surface area contributed by atoms with Gasteiger partial charge < -0.3 is 56.8 Å². The molecule has 15 aromatic rings. The molecular formula is C114H112FO17P5. The van der Waals surface area contributed by atoms with Gasteiger partial charge in [-0.3, -0.25) is 24.0 Å². The van der Waals surface area contributed by atoms with Crippen LogP contribution in [0.1, 0.15) is 125 Å². The Hall–Kier alpha value is -13.7. The number of Topliss-reactive ketones (excluding diaryl/α,β-unsaturated/α-hetero) is 5. The van der Waals surface area contributed by atoms with Gasteiger partial charge in [-0.1, -0.05) is 297 Å². The van der Waals surface area contributed by atoms with Crippen LogP contribution in [0, 0.1) is 19.7 Å². The van der Waals surface area contributed by atoms with Crippen molar-refractivity contribution in [3.8, 4) is 69.0 Å². The van der Waals surface area contributed by atoms with Crippen LogP contribution < -0.4 is 110 Å². The first kappa shape index (κ1) is 104. The second-order valence-corrected chi connectivity index (χ2v) is 37.7. The van der Waals surface area contributed by atoms with Crippen molar-refractivity contribution in [1.29, 1.82) is 0 Å². The van der Waals surface area contributed by atoms with Crippen molar-refractivity contribution in [3.63, 3.8) is 0 Å². The minimum absolute atomic E-state index is 0.0460. The van der Waals surface area contributed by atoms with E-state index in [0.29, 0.717) is 105 Å². The number of halogens is 1. The third kappa shape index (κ3) is 30.9. The molecule has 0 fully saturated rings. The molecule has 137 heavy (non-hydrogen) atoms. The van der Waals surface area contributed by atoms with E-state index in [2.05, 4.69) is 0 Å². The number of benzene rings is 15. The number of carbonyl (C=O) groups is 5. The zero-order valence-electron chi connectivity index (χ0n) is 79.1. The van der Waals surface area contributed by atoms with E-state index in [-0.39, 0.29) is 46.1 Å². The van der Waals surface area contributed by atoms with E-state index >= 15 is 0 Å². The molecule has 0 saturated carbocycles. The van der Waals surface area contributed by atoms with Crippen LogP contribution >= 0.6 is 42.9 Å². The van der Waals surface area contributed by atoms with Crippen molar-refractivity contribution in [3.05, 3.63) is 406 Å². The molecule has 0 heterocycles. The molecule has 0 bridgehead atoms. The average Bonchev–Trinajstić information content (AvgIpc) is 0.804. The Morgan fingerprint density at radius 1 is 0.234 bits per heavy atom. The lowest BCUT2D eigenvalue weighted by Gasteiger charge is -2.18. The van der Waals surface area contributed by atoms with Gasteiger partial charge in [0.15, 0.2) is 63.4 Å². The number of methoxy groups -OCH3 is 7. The largest absolute Gasteiger partial charge is 0.497 e. The van der Waals surface area contributed by atoms with E-state index in [1.165, 1.54) is 19.1 Å². The molecule has 0 saturated heterocycles. The van der Waals surface area contributed by atoms with Gasteiger partial charge in [-0.25, -0.2) is 4.39 Å². The van der Waals surface area contributed by atoms with Gasteiger partial charge in [0.2, 0.25) is 0 Å². The number of carbonyl (C=O) groups excluding carboxylic acids is 5. The van der Waals surface area contributed by atoms with Crippen molar-refractivity contribution in [1.82, 2.24) is 0 Å². The summed E-state index contributed by atoms with van der Waals surface area (Å²) in [5.41, 5.74) is 11.0. The van der Waals surface area contributed by atoms with Crippen molar-refractivity contribution < 1.29 is 85.2 Å². The lowest BCUT2D eigenvalue weighted by atomic mass is 10.1. The minimum atomic E-state index is -0.437. The summed E-state index contributed by atoms with van der Waals surface area (Å²) in [6, 6.07) is 106. The predicted molar refractivity (Wildman–Crippen MR) is 562 cm³/mol. The van der Waals surface area contributed by atoms with E-state index in [9.17, 15) is 28.4 Å². The van der Waals surface area contributed by atoms with Crippen molar-refractivity contribution >= 4 is 125 Å². The van der Waals surface area contributed by atoms with Gasteiger partial charge in [0, 0.05) is 66.5 Å². The highest BCUT2D eigenvalue weighted by atomic mass is 31.1. The van der Waals surface area contributed by atoms with E-state index < -0.39 is 5.82 Å². The first-order chi connectivity index (χ1) is 66.5. The quantitative estimate of drug-likeness (QED) is 0.0263. The second-order valence-electron chi connectivity index (χ2n) is 31.1. The van der Waals surface area contributed by atoms with Crippen LogP contribution in [-0.2, 0) is 33.0 Å². The second kappa shape index (κ2) is 53.6. The summed E-state index contributed by atoms with van der Waals surface area (Å²) >= 11 is 0. The minimum Gasteiger partial charge on any atom is -0.497 e. The first-order valence-electron chi connectivity index (χ1n) is 43.9. The number of rotatable bonds is 37. The standard InChI is InChI=1S/C23H22FO4P.C23H23O4P.2C23H23O3P.C22H21O3P/c1-15(25)19-11-17(24)9-10-21(19)29-22-13-18(26-2)12-20(27-3)23(22)28-14-16-7-5-4-6-8-16;1-16(24)19-11-7-8-12-21(19)28-22-14-18(25-2)13-20(26-3)23(22)27-15-17-9-5-4-6-10-17;1-16-9-7-12-19(17(2)24)23(16)27-21-14-8-13-20(25-3)22(21)26-15-18-10-5-4-6-11-18;1-16-9-12-22(20(13-16)17(2)24)27-23-14-19(25-3)10-11-21(23)26-15-18-7-5-4-6-8-18;1-16(23)19-10-6-7-11-21(19)26-22-14-18(24-2)12-13-20(22)25-15-17-8-4-3-5-9-17/h4-13,29H,14H2,1-3H3;4-14,28H,15H2,1-3H3;2*4-14,27H,15H2,1-3H3;3-14,26H,15H2,1-2H3. The molecule has 0 aliphatic rings. The fourth-order valence-corrected chi connectivity index (χ4v) is 21.0. The Morgan fingerprint density at radius 3 is 0.927 bits per heavy atom. The number of hydrogen-bond donors (Lipinski definition) is 0. The molecule has 0 radical (unpaired) electrons. The molecule has 702 valence electrons. The Balaban J connectivity index is 0.000000164. The molecule has 0 aliphatic carbocycles. The van der Waals surface area contributed by atoms with Gasteiger partial charge in [-0.15, -0.1) is 0 Å². The Kier molecular flexibility index (Phi) is 40.6. The number of hydrogen-bond acceptors (Lipinski definition) is 17. The lowest BCUT2D eigenvalue weighted by molar-refractivity contribution is 0.101. The third-order valence-corrected chi connectivity index (χ3v) is 28.2. The molecule has 17 nitrogen and oxygen atoms in total. The summed E-state index contributed by atoms with van der Waals surface area (Å²) in [7, 11) is 12.5. The number of aryl methyl sites for hydroxylation is 2. The maximum atomic E-state index is 13.7. The van der Waals surface area contributed by atoms with Crippen LogP contribution in [0.15, 0.2) is 334 Å². The zero-order valence-corrected chi connectivity index (χ0v) is 84.1. The average molecular weight is 1930 g/mol. The fraction of sp³-hybridized carbons (Fsp3) is 0.167. The van der Waals surface area contributed by atoms with Crippen LogP contribution in [0.2, 0.25) is 0 Å². The van der Waals surface area contributed by atoms with Gasteiger partial charge in [0.05, 0.1) is 49.8 Å². The van der Waals surface area contributed by atoms with Crippen LogP contribution in [-0.4, -0.2) is 78.7 Å². The number of ether oxygens (including phenoxy) is 12. The summed E-state index contributed by atoms with van der Waals surface area (Å²) in [5.74, 6) is 7.97. The molecule has 0 aliphatic heterocycles. The van der Waals surface area contributed by atoms with E-state index in [0.717, 1.165) is 143 Å². The number of ketones is 5. The topological polar surface area (TPSA) is 196 Å². The Morgan fingerprint density at radius 2 is 0.547 bits per heavy atom. The molecule has 0 amide bonds. The monoisotopic (exact) mass is 1930 g/mol. The Bertz CT molecular complexity index is 6540. The molecule has 0 N–H and O–H groups in total. The summed E-state index contributed by atoms with van der Waals surface area (Å²) in [4.78, 5) is 60.1. The van der Waals surface area contributed by atoms with Gasteiger partial charge >= 0.3 is 0 Å². The normalized spacial score (nSPS) is 10.9. The first-order valence-corrected chi connectivity index (χ1v) is 48.9. The molecule has 5 atom stereocenters. The highest BCUT2D eigenvalue weighted by molar-refractivity contribution is 7.57. The van der Waals surface area contributed by atoms with E-state index in [4.69, 9.17) is 56.8 Å². The fourth-order valence-electron chi connectivity index (χ4n) is 14.1. The zero-order chi connectivity index (χ0) is 97.5. The SMILES string of the molecule is COc1cc(OC)c(OCc2ccccc2)c(Pc2ccc(F)cc2C(C)=O)c1.COc1cc(OC)c(OCc2ccccc2)c(Pc2ccccc2C(C)=O)c1.COc1ccc(OCc2ccccc2)c(Pc2ccc(C)cc2C(C)=O)c1.COc1ccc(OCc2ccccc2)c(Pc2ccccc2C(C)=O)c1.COc1cccc(Pc2c(C)cccc2C(C)=O)c1OCc1ccccc1. The van der Waals surface area contributed by atoms with Crippen LogP contribution in [0.25, 0.3) is 0 Å². The molecule has 5 unspecified atom stereocenters. The highest BCUT2D eigenvalue weighted by Crippen LogP contribution is 2.39. The molecule has 0 aromatic heterocycles. The van der Waals surface area contributed by atoms with Crippen LogP contribution in [0.4, 0.5) is 4.39 Å². The summed E-state index contributed by atoms with van der Waals surface area (Å²) in [5, 5.41) is 9.61. The number of para-hydroxylation sites is 1. The smallest absolute Gasteiger partial charge is 0.169 e. The molecule has 23 heteroatoms. The van der Waals surface area contributed by atoms with Gasteiger partial charge in [-0.2, -0.15) is 0 Å². The summed E-state index contributed by atoms with van der Waals surface area (Å²) in [6.45, 7) is 14.1. The molecule has 15 aromatic carbocycles. The van der Waals surface area contributed by atoms with Gasteiger partial charge in [0.1, 0.15) is 73.3 Å². The summed E-state index contributed by atoms with van der Waals surface area (Å²) < 4.78 is 82.4. The van der Waals surface area contributed by atoms with Gasteiger partial charge in [-0.05, 0) is 181 Å². The highest BCUT2D eigenvalue weighted by Gasteiger charge is 2.23. The van der Waals surface area contributed by atoms with E-state index in [1.807, 2.05) is 323 Å². The van der Waals surface area contributed by atoms with E-state index in [1.54, 1.807) is 89.6 Å². The lowest BCUT2D eigenvalue weighted by Crippen LogP contribution is -2.17. The van der Waals surface area contributed by atoms with Crippen molar-refractivity contribution in [2.45, 2.75) is 81.5 Å². The Labute approximate surface area is 811 Å². The van der Waals surface area contributed by atoms with Crippen molar-refractivity contribution in [2.75, 3.05) is 49.8 Å². The van der Waals surface area contributed by atoms with Gasteiger partial charge in [0.25, 0.3) is 0 Å². The maximum Gasteiger partial charge on any atom is 0.169 e. The molecule has 0 spiro atoms. The molecule has 15 rings (SSSR count). The maximum absolute atomic E-state index is 13.7. The van der Waals surface area contributed by atoms with Crippen molar-refractivity contribution in [2.24, 2.45) is 0 Å². The third-order valence-electron chi connectivity index (χ3n) is 21.2.